The lowest BCUT2D eigenvalue weighted by Crippen LogP contribution is -2.27. The Morgan fingerprint density at radius 1 is 1.00 bits per heavy atom. The minimum Gasteiger partial charge on any atom is -0.293 e. The Labute approximate surface area is 126 Å². The van der Waals surface area contributed by atoms with Crippen LogP contribution in [-0.4, -0.2) is 5.78 Å². The van der Waals surface area contributed by atoms with E-state index in [0.29, 0.717) is 6.42 Å². The zero-order valence-electron chi connectivity index (χ0n) is 12.6. The minimum absolute atomic E-state index is 0.102. The number of carbonyl (C=O) groups is 1. The van der Waals surface area contributed by atoms with E-state index in [2.05, 4.69) is 24.4 Å². The average molecular weight is 276 g/mol. The smallest absolute Gasteiger partial charge is 0.173 e. The third kappa shape index (κ3) is 3.39. The van der Waals surface area contributed by atoms with Gasteiger partial charge in [0.05, 0.1) is 5.41 Å². The van der Waals surface area contributed by atoms with Gasteiger partial charge in [0.2, 0.25) is 0 Å². The fourth-order valence-electron chi connectivity index (χ4n) is 2.39. The van der Waals surface area contributed by atoms with Gasteiger partial charge < -0.3 is 0 Å². The van der Waals surface area contributed by atoms with E-state index in [1.807, 2.05) is 62.4 Å². The fraction of sp³-hybridized carbons (Fsp3) is 0.200. The monoisotopic (exact) mass is 276 g/mol. The highest BCUT2D eigenvalue weighted by molar-refractivity contribution is 6.01. The zero-order chi connectivity index (χ0) is 15.3. The molecular formula is C20H20O. The number of benzene rings is 2. The van der Waals surface area contributed by atoms with Crippen LogP contribution in [-0.2, 0) is 6.42 Å². The van der Waals surface area contributed by atoms with Gasteiger partial charge in [-0.3, -0.25) is 4.79 Å². The van der Waals surface area contributed by atoms with Crippen molar-refractivity contribution in [3.8, 4) is 0 Å². The molecule has 1 nitrogen and oxygen atoms in total. The molecule has 0 saturated carbocycles. The van der Waals surface area contributed by atoms with E-state index in [0.717, 1.165) is 16.7 Å². The third-order valence-corrected chi connectivity index (χ3v) is 3.80. The van der Waals surface area contributed by atoms with Crippen molar-refractivity contribution in [2.45, 2.75) is 20.3 Å². The molecule has 0 aliphatic rings. The molecule has 0 unspecified atom stereocenters. The Hall–Kier alpha value is -2.37. The Bertz CT molecular complexity index is 659. The van der Waals surface area contributed by atoms with Crippen LogP contribution in [0.3, 0.4) is 0 Å². The molecule has 0 atom stereocenters. The summed E-state index contributed by atoms with van der Waals surface area (Å²) >= 11 is 0. The van der Waals surface area contributed by atoms with Gasteiger partial charge in [0.15, 0.2) is 5.78 Å². The lowest BCUT2D eigenvalue weighted by Gasteiger charge is -2.25. The van der Waals surface area contributed by atoms with Crippen LogP contribution in [0.15, 0.2) is 78.5 Å². The van der Waals surface area contributed by atoms with Crippen molar-refractivity contribution in [3.63, 3.8) is 0 Å². The van der Waals surface area contributed by atoms with Gasteiger partial charge in [-0.05, 0) is 25.0 Å². The number of allylic oxidation sites excluding steroid dienone is 1. The molecule has 106 valence electrons. The zero-order valence-corrected chi connectivity index (χ0v) is 12.6. The van der Waals surface area contributed by atoms with Crippen molar-refractivity contribution < 1.29 is 4.79 Å². The maximum Gasteiger partial charge on any atom is 0.173 e. The van der Waals surface area contributed by atoms with Gasteiger partial charge >= 0.3 is 0 Å². The van der Waals surface area contributed by atoms with Crippen LogP contribution in [0.2, 0.25) is 0 Å². The largest absolute Gasteiger partial charge is 0.293 e. The van der Waals surface area contributed by atoms with Gasteiger partial charge in [0, 0.05) is 12.0 Å². The molecule has 0 aromatic heterocycles. The molecule has 2 aromatic carbocycles. The summed E-state index contributed by atoms with van der Waals surface area (Å²) in [4.78, 5) is 12.8. The average Bonchev–Trinajstić information content (AvgIpc) is 2.53. The first-order chi connectivity index (χ1) is 10.1. The number of ketones is 1. The van der Waals surface area contributed by atoms with Gasteiger partial charge in [0.25, 0.3) is 0 Å². The number of rotatable bonds is 5. The second-order valence-electron chi connectivity index (χ2n) is 5.64. The summed E-state index contributed by atoms with van der Waals surface area (Å²) in [5.74, 6) is 0.102. The summed E-state index contributed by atoms with van der Waals surface area (Å²) in [5.41, 5.74) is 5.18. The van der Waals surface area contributed by atoms with Crippen LogP contribution in [0.1, 0.15) is 29.8 Å². The summed E-state index contributed by atoms with van der Waals surface area (Å²) in [5, 5.41) is 0. The molecule has 0 aliphatic carbocycles. The van der Waals surface area contributed by atoms with Gasteiger partial charge in [-0.15, -0.1) is 5.73 Å². The van der Waals surface area contributed by atoms with Gasteiger partial charge in [-0.25, -0.2) is 0 Å². The molecule has 0 fully saturated rings. The maximum absolute atomic E-state index is 12.8. The number of hydrogen-bond acceptors (Lipinski definition) is 1. The van der Waals surface area contributed by atoms with Gasteiger partial charge in [-0.2, -0.15) is 0 Å². The van der Waals surface area contributed by atoms with E-state index in [1.165, 1.54) is 0 Å². The van der Waals surface area contributed by atoms with Crippen LogP contribution in [0, 0.1) is 5.41 Å². The number of hydrogen-bond donors (Lipinski definition) is 0. The standard InChI is InChI=1S/C20H20O/c1-4-18(15-16-11-7-5-8-12-16)20(2,3)19(21)17-13-9-6-10-14-17/h5-14H,1,15H2,2-3H3. The van der Waals surface area contributed by atoms with Crippen LogP contribution in [0.5, 0.6) is 0 Å². The third-order valence-electron chi connectivity index (χ3n) is 3.80. The lowest BCUT2D eigenvalue weighted by molar-refractivity contribution is 0.0873. The Morgan fingerprint density at radius 3 is 2.05 bits per heavy atom. The Morgan fingerprint density at radius 2 is 1.52 bits per heavy atom. The second-order valence-corrected chi connectivity index (χ2v) is 5.64. The van der Waals surface area contributed by atoms with Crippen LogP contribution in [0.4, 0.5) is 0 Å². The molecule has 0 amide bonds. The Balaban J connectivity index is 2.28. The first kappa shape index (κ1) is 15.0. The van der Waals surface area contributed by atoms with Crippen molar-refractivity contribution in [2.24, 2.45) is 5.41 Å². The fourth-order valence-corrected chi connectivity index (χ4v) is 2.39. The number of carbonyl (C=O) groups excluding carboxylic acids is 1. The minimum atomic E-state index is -0.612. The summed E-state index contributed by atoms with van der Waals surface area (Å²) in [6, 6.07) is 19.5. The predicted octanol–water partition coefficient (Wildman–Crippen LogP) is 4.85. The summed E-state index contributed by atoms with van der Waals surface area (Å²) < 4.78 is 0. The van der Waals surface area contributed by atoms with E-state index in [9.17, 15) is 4.79 Å². The van der Waals surface area contributed by atoms with Crippen LogP contribution >= 0.6 is 0 Å². The molecular weight excluding hydrogens is 256 g/mol. The van der Waals surface area contributed by atoms with E-state index >= 15 is 0 Å². The molecule has 0 heterocycles. The molecule has 2 aromatic rings. The van der Waals surface area contributed by atoms with Crippen molar-refractivity contribution in [3.05, 3.63) is 89.7 Å². The molecule has 0 aliphatic heterocycles. The van der Waals surface area contributed by atoms with E-state index < -0.39 is 5.41 Å². The van der Waals surface area contributed by atoms with E-state index in [4.69, 9.17) is 0 Å². The number of Topliss-reactive ketones (excluding diaryl/α,β-unsaturated/α-hetero) is 1. The summed E-state index contributed by atoms with van der Waals surface area (Å²) in [6.07, 6.45) is 0.690. The summed E-state index contributed by atoms with van der Waals surface area (Å²) in [7, 11) is 0. The van der Waals surface area contributed by atoms with Crippen molar-refractivity contribution in [1.29, 1.82) is 0 Å². The molecule has 0 radical (unpaired) electrons. The molecule has 2 rings (SSSR count). The highest BCUT2D eigenvalue weighted by Gasteiger charge is 2.32. The molecule has 1 heteroatoms. The van der Waals surface area contributed by atoms with Crippen molar-refractivity contribution >= 4 is 5.78 Å². The highest BCUT2D eigenvalue weighted by atomic mass is 16.1. The van der Waals surface area contributed by atoms with E-state index in [1.54, 1.807) is 0 Å². The normalized spacial score (nSPS) is 10.8. The predicted molar refractivity (Wildman–Crippen MR) is 87.4 cm³/mol. The topological polar surface area (TPSA) is 17.1 Å². The molecule has 0 N–H and O–H groups in total. The maximum atomic E-state index is 12.8. The van der Waals surface area contributed by atoms with Crippen LogP contribution < -0.4 is 0 Å². The second kappa shape index (κ2) is 6.39. The highest BCUT2D eigenvalue weighted by Crippen LogP contribution is 2.32. The van der Waals surface area contributed by atoms with Gasteiger partial charge in [0.1, 0.15) is 0 Å². The lowest BCUT2D eigenvalue weighted by atomic mass is 9.75. The SMILES string of the molecule is C=C=C(Cc1ccccc1)C(C)(C)C(=O)c1ccccc1. The molecule has 0 saturated heterocycles. The quantitative estimate of drug-likeness (QED) is 0.563. The first-order valence-corrected chi connectivity index (χ1v) is 7.09. The summed E-state index contributed by atoms with van der Waals surface area (Å²) in [6.45, 7) is 7.67. The van der Waals surface area contributed by atoms with Gasteiger partial charge in [-0.1, -0.05) is 67.2 Å². The van der Waals surface area contributed by atoms with Crippen molar-refractivity contribution in [1.82, 2.24) is 0 Å². The first-order valence-electron chi connectivity index (χ1n) is 7.09. The molecule has 0 spiro atoms. The molecule has 0 bridgehead atoms. The van der Waals surface area contributed by atoms with Crippen molar-refractivity contribution in [2.75, 3.05) is 0 Å². The molecule has 21 heavy (non-hydrogen) atoms. The van der Waals surface area contributed by atoms with Crippen LogP contribution in [0.25, 0.3) is 0 Å². The Kier molecular flexibility index (Phi) is 4.57. The van der Waals surface area contributed by atoms with E-state index in [-0.39, 0.29) is 5.78 Å².